The summed E-state index contributed by atoms with van der Waals surface area (Å²) >= 11 is 0. The Morgan fingerprint density at radius 1 is 0.943 bits per heavy atom. The predicted molar refractivity (Wildman–Crippen MR) is 135 cm³/mol. The lowest BCUT2D eigenvalue weighted by molar-refractivity contribution is -0.142. The van der Waals surface area contributed by atoms with Crippen molar-refractivity contribution in [1.82, 2.24) is 20.9 Å². The molecule has 188 valence electrons. The monoisotopic (exact) mass is 480 g/mol. The Kier molecular flexibility index (Phi) is 11.1. The van der Waals surface area contributed by atoms with Crippen LogP contribution in [-0.4, -0.2) is 39.5 Å². The number of aromatic nitrogens is 1. The summed E-state index contributed by atoms with van der Waals surface area (Å²) in [5.74, 6) is -2.94. The first-order valence-electron chi connectivity index (χ1n) is 11.9. The van der Waals surface area contributed by atoms with E-state index in [1.807, 2.05) is 70.2 Å². The molecule has 2 rings (SSSR count). The van der Waals surface area contributed by atoms with Crippen molar-refractivity contribution in [2.75, 3.05) is 6.54 Å². The average molecular weight is 481 g/mol. The normalized spacial score (nSPS) is 13.0. The van der Waals surface area contributed by atoms with Gasteiger partial charge < -0.3 is 0 Å². The molecular weight excluding hydrogens is 444 g/mol. The molecule has 3 N–H and O–H groups in total. The van der Waals surface area contributed by atoms with Gasteiger partial charge >= 0.3 is 0 Å². The molecule has 0 aliphatic heterocycles. The lowest BCUT2D eigenvalue weighted by Gasteiger charge is -2.30. The quantitative estimate of drug-likeness (QED) is 0.331. The van der Waals surface area contributed by atoms with E-state index in [4.69, 9.17) is 0 Å². The fraction of sp³-hybridized carbons (Fsp3) is 0.407. The highest BCUT2D eigenvalue weighted by atomic mass is 16.5. The summed E-state index contributed by atoms with van der Waals surface area (Å²) in [4.78, 5) is 43.3. The van der Waals surface area contributed by atoms with E-state index in [1.54, 1.807) is 23.7 Å². The van der Waals surface area contributed by atoms with Crippen LogP contribution in [0.3, 0.4) is 0 Å². The molecule has 0 saturated carbocycles. The lowest BCUT2D eigenvalue weighted by Crippen LogP contribution is -2.52. The minimum atomic E-state index is -0.826. The summed E-state index contributed by atoms with van der Waals surface area (Å²) in [5, 5.41) is 10.7. The highest BCUT2D eigenvalue weighted by molar-refractivity contribution is 5.94. The molecule has 35 heavy (non-hydrogen) atoms. The minimum Gasteiger partial charge on any atom is -0.289 e. The zero-order chi connectivity index (χ0) is 25.8. The van der Waals surface area contributed by atoms with Crippen molar-refractivity contribution in [3.63, 3.8) is 0 Å². The molecule has 0 aliphatic rings. The Morgan fingerprint density at radius 3 is 2.20 bits per heavy atom. The average Bonchev–Trinajstić information content (AvgIpc) is 2.85. The topological polar surface area (TPSA) is 112 Å². The van der Waals surface area contributed by atoms with E-state index in [0.717, 1.165) is 5.56 Å². The van der Waals surface area contributed by atoms with E-state index >= 15 is 0 Å². The highest BCUT2D eigenvalue weighted by Crippen LogP contribution is 2.26. The highest BCUT2D eigenvalue weighted by Gasteiger charge is 2.35. The number of hydrogen-bond acceptors (Lipinski definition) is 5. The summed E-state index contributed by atoms with van der Waals surface area (Å²) in [5.41, 5.74) is 5.63. The number of pyridine rings is 1. The fourth-order valence-electron chi connectivity index (χ4n) is 3.80. The largest absolute Gasteiger partial charge is 0.290 e. The van der Waals surface area contributed by atoms with Crippen molar-refractivity contribution in [2.24, 2.45) is 23.7 Å². The van der Waals surface area contributed by atoms with Crippen molar-refractivity contribution in [3.05, 3.63) is 72.1 Å². The van der Waals surface area contributed by atoms with Gasteiger partial charge in [-0.2, -0.15) is 0 Å². The van der Waals surface area contributed by atoms with Crippen LogP contribution in [0.15, 0.2) is 60.8 Å². The third kappa shape index (κ3) is 8.98. The van der Waals surface area contributed by atoms with E-state index in [0.29, 0.717) is 6.42 Å². The van der Waals surface area contributed by atoms with Crippen LogP contribution < -0.4 is 10.9 Å². The van der Waals surface area contributed by atoms with Gasteiger partial charge in [0.1, 0.15) is 5.69 Å². The Hall–Kier alpha value is -3.52. The summed E-state index contributed by atoms with van der Waals surface area (Å²) in [6, 6.07) is 14.6. The molecule has 2 atom stereocenters. The number of hydrazine groups is 1. The molecule has 8 nitrogen and oxygen atoms in total. The van der Waals surface area contributed by atoms with Gasteiger partial charge in [-0.15, -0.1) is 0 Å². The first kappa shape index (κ1) is 27.7. The molecule has 0 unspecified atom stereocenters. The molecule has 1 heterocycles. The number of benzene rings is 1. The Morgan fingerprint density at radius 2 is 1.63 bits per heavy atom. The lowest BCUT2D eigenvalue weighted by atomic mass is 9.82. The maximum Gasteiger partial charge on any atom is 0.290 e. The van der Waals surface area contributed by atoms with Gasteiger partial charge in [0.2, 0.25) is 11.8 Å². The van der Waals surface area contributed by atoms with Crippen LogP contribution in [0.1, 0.15) is 56.6 Å². The van der Waals surface area contributed by atoms with Crippen LogP contribution >= 0.6 is 0 Å². The van der Waals surface area contributed by atoms with Crippen molar-refractivity contribution in [2.45, 2.75) is 40.5 Å². The SMILES string of the molecule is CC(C)C[C@@H](C(=O)NN(CC(C)C)C(=O)c1ccccn1)[C@H](CC=Cc1ccccc1)C(=O)NO. The summed E-state index contributed by atoms with van der Waals surface area (Å²) in [6.07, 6.45) is 5.85. The number of allylic oxidation sites excluding steroid dienone is 1. The molecule has 0 spiro atoms. The first-order valence-corrected chi connectivity index (χ1v) is 11.9. The van der Waals surface area contributed by atoms with Crippen molar-refractivity contribution >= 4 is 23.8 Å². The van der Waals surface area contributed by atoms with E-state index in [1.165, 1.54) is 11.2 Å². The minimum absolute atomic E-state index is 0.0804. The smallest absolute Gasteiger partial charge is 0.289 e. The molecule has 0 saturated heterocycles. The van der Waals surface area contributed by atoms with Gasteiger partial charge in [0.15, 0.2) is 0 Å². The first-order chi connectivity index (χ1) is 16.7. The number of carbonyl (C=O) groups excluding carboxylic acids is 3. The molecule has 3 amide bonds. The van der Waals surface area contributed by atoms with Crippen LogP contribution in [0, 0.1) is 23.7 Å². The van der Waals surface area contributed by atoms with Gasteiger partial charge in [0.25, 0.3) is 5.91 Å². The number of carbonyl (C=O) groups is 3. The maximum absolute atomic E-state index is 13.5. The Balaban J connectivity index is 2.29. The molecule has 0 fully saturated rings. The zero-order valence-electron chi connectivity index (χ0n) is 20.8. The second-order valence-corrected chi connectivity index (χ2v) is 9.37. The number of hydroxylamine groups is 1. The van der Waals surface area contributed by atoms with Crippen molar-refractivity contribution in [1.29, 1.82) is 0 Å². The van der Waals surface area contributed by atoms with E-state index in [-0.39, 0.29) is 30.5 Å². The van der Waals surface area contributed by atoms with Crippen LogP contribution in [0.25, 0.3) is 6.08 Å². The standard InChI is InChI=1S/C27H36N4O4/c1-19(2)17-23(22(26(33)30-35)14-10-13-21-11-6-5-7-12-21)25(32)29-31(18-20(3)4)27(34)24-15-8-9-16-28-24/h5-13,15-16,19-20,22-23,35H,14,17-18H2,1-4H3,(H,29,32)(H,30,33)/t22-,23+/m0/s1. The molecule has 0 bridgehead atoms. The van der Waals surface area contributed by atoms with Crippen LogP contribution in [0.5, 0.6) is 0 Å². The van der Waals surface area contributed by atoms with Gasteiger partial charge in [-0.1, -0.05) is 76.2 Å². The number of hydrogen-bond donors (Lipinski definition) is 3. The number of nitrogens with one attached hydrogen (secondary N) is 2. The molecule has 0 aliphatic carbocycles. The van der Waals surface area contributed by atoms with E-state index < -0.39 is 29.6 Å². The van der Waals surface area contributed by atoms with Gasteiger partial charge in [-0.25, -0.2) is 10.5 Å². The second-order valence-electron chi connectivity index (χ2n) is 9.37. The van der Waals surface area contributed by atoms with E-state index in [9.17, 15) is 19.6 Å². The number of rotatable bonds is 11. The molecule has 2 aromatic rings. The van der Waals surface area contributed by atoms with Crippen LogP contribution in [0.2, 0.25) is 0 Å². The van der Waals surface area contributed by atoms with E-state index in [2.05, 4.69) is 10.4 Å². The molecule has 1 aromatic heterocycles. The van der Waals surface area contributed by atoms with Gasteiger partial charge in [-0.3, -0.25) is 30.0 Å². The predicted octanol–water partition coefficient (Wildman–Crippen LogP) is 4.10. The van der Waals surface area contributed by atoms with Gasteiger partial charge in [0.05, 0.1) is 11.8 Å². The molecule has 8 heteroatoms. The van der Waals surface area contributed by atoms with Crippen molar-refractivity contribution < 1.29 is 19.6 Å². The zero-order valence-corrected chi connectivity index (χ0v) is 20.8. The molecule has 0 radical (unpaired) electrons. The maximum atomic E-state index is 13.5. The third-order valence-corrected chi connectivity index (χ3v) is 5.42. The number of amides is 3. The van der Waals surface area contributed by atoms with Gasteiger partial charge in [0, 0.05) is 12.7 Å². The number of nitrogens with zero attached hydrogens (tertiary/aromatic N) is 2. The van der Waals surface area contributed by atoms with Gasteiger partial charge in [-0.05, 0) is 42.4 Å². The molecular formula is C27H36N4O4. The fourth-order valence-corrected chi connectivity index (χ4v) is 3.80. The van der Waals surface area contributed by atoms with Crippen molar-refractivity contribution in [3.8, 4) is 0 Å². The Bertz CT molecular complexity index is 977. The molecule has 1 aromatic carbocycles. The second kappa shape index (κ2) is 14.0. The van der Waals surface area contributed by atoms with Crippen LogP contribution in [-0.2, 0) is 9.59 Å². The van der Waals surface area contributed by atoms with Crippen LogP contribution in [0.4, 0.5) is 0 Å². The summed E-state index contributed by atoms with van der Waals surface area (Å²) in [6.45, 7) is 8.07. The third-order valence-electron chi connectivity index (χ3n) is 5.42. The summed E-state index contributed by atoms with van der Waals surface area (Å²) in [7, 11) is 0. The summed E-state index contributed by atoms with van der Waals surface area (Å²) < 4.78 is 0. The Labute approximate surface area is 207 Å².